The van der Waals surface area contributed by atoms with Crippen LogP contribution < -0.4 is 4.74 Å². The predicted molar refractivity (Wildman–Crippen MR) is 92.7 cm³/mol. The molecule has 1 N–H and O–H groups in total. The molecule has 2 nitrogen and oxygen atoms in total. The highest BCUT2D eigenvalue weighted by Crippen LogP contribution is 2.62. The van der Waals surface area contributed by atoms with Crippen molar-refractivity contribution in [3.63, 3.8) is 0 Å². The number of aliphatic hydroxyl groups is 1. The Labute approximate surface area is 139 Å². The predicted octanol–water partition coefficient (Wildman–Crippen LogP) is 4.33. The van der Waals surface area contributed by atoms with Crippen molar-refractivity contribution < 1.29 is 9.84 Å². The molecule has 0 amide bonds. The molecule has 23 heavy (non-hydrogen) atoms. The van der Waals surface area contributed by atoms with Gasteiger partial charge in [0.2, 0.25) is 0 Å². The van der Waals surface area contributed by atoms with Crippen molar-refractivity contribution in [1.82, 2.24) is 0 Å². The molecule has 0 unspecified atom stereocenters. The van der Waals surface area contributed by atoms with Gasteiger partial charge in [-0.3, -0.25) is 0 Å². The third kappa shape index (κ3) is 2.11. The van der Waals surface area contributed by atoms with Crippen molar-refractivity contribution in [3.05, 3.63) is 41.0 Å². The van der Waals surface area contributed by atoms with Gasteiger partial charge in [-0.1, -0.05) is 26.0 Å². The second-order valence-corrected chi connectivity index (χ2v) is 8.12. The molecule has 0 heterocycles. The molecule has 1 saturated carbocycles. The minimum atomic E-state index is 0.230. The largest absolute Gasteiger partial charge is 0.497 e. The maximum absolute atomic E-state index is 9.77. The number of methoxy groups -OCH3 is 1. The highest BCUT2D eigenvalue weighted by molar-refractivity contribution is 5.42. The van der Waals surface area contributed by atoms with E-state index in [-0.39, 0.29) is 12.0 Å². The van der Waals surface area contributed by atoms with Crippen LogP contribution in [0.1, 0.15) is 50.2 Å². The summed E-state index contributed by atoms with van der Waals surface area (Å²) in [6.07, 6.45) is 7.11. The van der Waals surface area contributed by atoms with Crippen LogP contribution >= 0.6 is 0 Å². The lowest BCUT2D eigenvalue weighted by Gasteiger charge is -2.52. The van der Waals surface area contributed by atoms with E-state index in [1.54, 1.807) is 12.7 Å². The minimum absolute atomic E-state index is 0.230. The average molecular weight is 312 g/mol. The summed E-state index contributed by atoms with van der Waals surface area (Å²) in [5, 5.41) is 9.77. The molecule has 4 rings (SSSR count). The molecule has 0 aliphatic heterocycles. The first kappa shape index (κ1) is 15.3. The second-order valence-electron chi connectivity index (χ2n) is 8.12. The summed E-state index contributed by atoms with van der Waals surface area (Å²) in [7, 11) is 1.75. The standard InChI is InChI=1S/C21H28O2/c1-13-10-14-11-16(23-3)5-6-17(14)18-8-9-21(2)15(12-22)4-7-19(21)20(13)18/h4-6,11,13,18-20,22H,7-10,12H2,1-3H3/t13-,18-,19-,20-,21-/m1/s1. The zero-order chi connectivity index (χ0) is 16.2. The number of fused-ring (bicyclic) bond motifs is 5. The molecule has 3 aliphatic rings. The molecule has 0 radical (unpaired) electrons. The van der Waals surface area contributed by atoms with Crippen LogP contribution in [0.5, 0.6) is 5.75 Å². The van der Waals surface area contributed by atoms with Gasteiger partial charge in [-0.2, -0.15) is 0 Å². The molecule has 2 heteroatoms. The second kappa shape index (κ2) is 5.37. The fourth-order valence-corrected chi connectivity index (χ4v) is 5.99. The lowest BCUT2D eigenvalue weighted by atomic mass is 9.52. The summed E-state index contributed by atoms with van der Waals surface area (Å²) in [6.45, 7) is 5.08. The molecule has 124 valence electrons. The van der Waals surface area contributed by atoms with Gasteiger partial charge in [0.1, 0.15) is 5.75 Å². The van der Waals surface area contributed by atoms with Crippen LogP contribution in [0.4, 0.5) is 0 Å². The van der Waals surface area contributed by atoms with Gasteiger partial charge in [-0.05, 0) is 83.6 Å². The van der Waals surface area contributed by atoms with E-state index in [1.807, 2.05) is 0 Å². The number of hydrogen-bond acceptors (Lipinski definition) is 2. The van der Waals surface area contributed by atoms with E-state index < -0.39 is 0 Å². The summed E-state index contributed by atoms with van der Waals surface area (Å²) in [5.74, 6) is 3.82. The van der Waals surface area contributed by atoms with E-state index in [0.717, 1.165) is 24.5 Å². The Morgan fingerprint density at radius 2 is 2.17 bits per heavy atom. The number of allylic oxidation sites excluding steroid dienone is 1. The molecule has 5 atom stereocenters. The van der Waals surface area contributed by atoms with Crippen LogP contribution in [-0.2, 0) is 6.42 Å². The van der Waals surface area contributed by atoms with Crippen molar-refractivity contribution in [2.45, 2.75) is 45.4 Å². The third-order valence-electron chi connectivity index (χ3n) is 7.19. The Morgan fingerprint density at radius 1 is 1.35 bits per heavy atom. The first-order valence-corrected chi connectivity index (χ1v) is 9.05. The smallest absolute Gasteiger partial charge is 0.119 e. The van der Waals surface area contributed by atoms with Gasteiger partial charge >= 0.3 is 0 Å². The summed E-state index contributed by atoms with van der Waals surface area (Å²) in [5.41, 5.74) is 4.59. The summed E-state index contributed by atoms with van der Waals surface area (Å²) < 4.78 is 5.43. The molecule has 1 fully saturated rings. The van der Waals surface area contributed by atoms with Gasteiger partial charge in [0, 0.05) is 0 Å². The van der Waals surface area contributed by atoms with Gasteiger partial charge in [0.05, 0.1) is 13.7 Å². The first-order valence-electron chi connectivity index (χ1n) is 9.05. The van der Waals surface area contributed by atoms with Crippen molar-refractivity contribution >= 4 is 0 Å². The van der Waals surface area contributed by atoms with Gasteiger partial charge in [-0.25, -0.2) is 0 Å². The summed E-state index contributed by atoms with van der Waals surface area (Å²) in [6, 6.07) is 6.70. The topological polar surface area (TPSA) is 29.5 Å². The van der Waals surface area contributed by atoms with Crippen LogP contribution in [0.2, 0.25) is 0 Å². The van der Waals surface area contributed by atoms with E-state index in [4.69, 9.17) is 4.74 Å². The van der Waals surface area contributed by atoms with Crippen molar-refractivity contribution in [2.24, 2.45) is 23.2 Å². The molecular formula is C21H28O2. The Balaban J connectivity index is 1.72. The first-order chi connectivity index (χ1) is 11.1. The van der Waals surface area contributed by atoms with E-state index >= 15 is 0 Å². The van der Waals surface area contributed by atoms with Crippen LogP contribution in [0.3, 0.4) is 0 Å². The molecule has 1 aromatic carbocycles. The quantitative estimate of drug-likeness (QED) is 0.824. The Hall–Kier alpha value is -1.28. The molecular weight excluding hydrogens is 284 g/mol. The summed E-state index contributed by atoms with van der Waals surface area (Å²) in [4.78, 5) is 0. The van der Waals surface area contributed by atoms with Crippen molar-refractivity contribution in [2.75, 3.05) is 13.7 Å². The van der Waals surface area contributed by atoms with Crippen LogP contribution in [0, 0.1) is 23.2 Å². The lowest BCUT2D eigenvalue weighted by Crippen LogP contribution is -2.44. The molecule has 0 aromatic heterocycles. The SMILES string of the molecule is COc1ccc2c(c1)C[C@@H](C)[C@@H]1[C@@H]2CC[C@]2(C)C(CO)=CC[C@H]12. The van der Waals surface area contributed by atoms with Gasteiger partial charge < -0.3 is 9.84 Å². The number of ether oxygens (including phenoxy) is 1. The van der Waals surface area contributed by atoms with Gasteiger partial charge in [0.25, 0.3) is 0 Å². The van der Waals surface area contributed by atoms with Crippen LogP contribution in [0.25, 0.3) is 0 Å². The maximum Gasteiger partial charge on any atom is 0.119 e. The van der Waals surface area contributed by atoms with E-state index in [9.17, 15) is 5.11 Å². The number of rotatable bonds is 2. The zero-order valence-electron chi connectivity index (χ0n) is 14.5. The number of hydrogen-bond donors (Lipinski definition) is 1. The lowest BCUT2D eigenvalue weighted by molar-refractivity contribution is 0.0386. The normalized spacial score (nSPS) is 38.3. The number of benzene rings is 1. The molecule has 0 saturated heterocycles. The van der Waals surface area contributed by atoms with Crippen LogP contribution in [0.15, 0.2) is 29.8 Å². The fourth-order valence-electron chi connectivity index (χ4n) is 5.99. The van der Waals surface area contributed by atoms with Crippen LogP contribution in [-0.4, -0.2) is 18.8 Å². The number of aliphatic hydroxyl groups excluding tert-OH is 1. The van der Waals surface area contributed by atoms with Crippen molar-refractivity contribution in [1.29, 1.82) is 0 Å². The maximum atomic E-state index is 9.77. The van der Waals surface area contributed by atoms with Crippen molar-refractivity contribution in [3.8, 4) is 5.75 Å². The molecule has 3 aliphatic carbocycles. The zero-order valence-corrected chi connectivity index (χ0v) is 14.5. The fraction of sp³-hybridized carbons (Fsp3) is 0.619. The van der Waals surface area contributed by atoms with Gasteiger partial charge in [0.15, 0.2) is 0 Å². The highest BCUT2D eigenvalue weighted by atomic mass is 16.5. The van der Waals surface area contributed by atoms with Gasteiger partial charge in [-0.15, -0.1) is 0 Å². The highest BCUT2D eigenvalue weighted by Gasteiger charge is 2.53. The monoisotopic (exact) mass is 312 g/mol. The van der Waals surface area contributed by atoms with E-state index in [0.29, 0.717) is 17.8 Å². The molecule has 0 bridgehead atoms. The average Bonchev–Trinajstić information content (AvgIpc) is 2.90. The Morgan fingerprint density at radius 3 is 2.91 bits per heavy atom. The minimum Gasteiger partial charge on any atom is -0.497 e. The van der Waals surface area contributed by atoms with E-state index in [1.165, 1.54) is 24.0 Å². The Bertz CT molecular complexity index is 647. The van der Waals surface area contributed by atoms with E-state index in [2.05, 4.69) is 38.1 Å². The molecule has 1 aromatic rings. The third-order valence-corrected chi connectivity index (χ3v) is 7.19. The molecule has 0 spiro atoms. The Kier molecular flexibility index (Phi) is 3.57. The summed E-state index contributed by atoms with van der Waals surface area (Å²) >= 11 is 0.